The summed E-state index contributed by atoms with van der Waals surface area (Å²) in [5.74, 6) is 0.654. The van der Waals surface area contributed by atoms with Crippen LogP contribution in [-0.2, 0) is 5.41 Å². The lowest BCUT2D eigenvalue weighted by molar-refractivity contribution is 0.448. The Morgan fingerprint density at radius 1 is 1.20 bits per heavy atom. The molecule has 2 nitrogen and oxygen atoms in total. The monoisotopic (exact) mass is 207 g/mol. The number of nitrogen functional groups attached to an aromatic ring is 1. The molecule has 84 valence electrons. The normalized spacial score (nSPS) is 12.1. The first kappa shape index (κ1) is 11.9. The van der Waals surface area contributed by atoms with E-state index >= 15 is 0 Å². The molecule has 0 aliphatic carbocycles. The first-order valence-corrected chi connectivity index (χ1v) is 5.36. The topological polar surface area (TPSA) is 46.2 Å². The van der Waals surface area contributed by atoms with Crippen LogP contribution in [-0.4, -0.2) is 5.11 Å². The second-order valence-corrected chi connectivity index (χ2v) is 5.41. The van der Waals surface area contributed by atoms with Crippen molar-refractivity contribution in [1.82, 2.24) is 0 Å². The standard InChI is InChI=1S/C13H21NO/c1-8(2)9-6-10(13(3,4)5)12(15)11(14)7-9/h6-8,15H,14H2,1-5H3. The van der Waals surface area contributed by atoms with Gasteiger partial charge in [0.15, 0.2) is 0 Å². The number of phenolic OH excluding ortho intramolecular Hbond substituents is 1. The number of aromatic hydroxyl groups is 1. The summed E-state index contributed by atoms with van der Waals surface area (Å²) in [6, 6.07) is 3.91. The molecule has 0 aliphatic heterocycles. The first-order valence-electron chi connectivity index (χ1n) is 5.36. The predicted molar refractivity (Wildman–Crippen MR) is 65.3 cm³/mol. The first-order chi connectivity index (χ1) is 6.73. The number of anilines is 1. The van der Waals surface area contributed by atoms with E-state index in [9.17, 15) is 5.11 Å². The molecule has 3 N–H and O–H groups in total. The molecule has 0 amide bonds. The lowest BCUT2D eigenvalue weighted by atomic mass is 9.83. The quantitative estimate of drug-likeness (QED) is 0.547. The van der Waals surface area contributed by atoms with Crippen LogP contribution in [0.25, 0.3) is 0 Å². The number of hydrogen-bond acceptors (Lipinski definition) is 2. The summed E-state index contributed by atoms with van der Waals surface area (Å²) in [4.78, 5) is 0. The van der Waals surface area contributed by atoms with Crippen LogP contribution in [0.2, 0.25) is 0 Å². The number of nitrogens with two attached hydrogens (primary N) is 1. The van der Waals surface area contributed by atoms with Gasteiger partial charge in [-0.15, -0.1) is 0 Å². The molecule has 0 unspecified atom stereocenters. The highest BCUT2D eigenvalue weighted by Gasteiger charge is 2.20. The number of benzene rings is 1. The van der Waals surface area contributed by atoms with Gasteiger partial charge >= 0.3 is 0 Å². The van der Waals surface area contributed by atoms with E-state index in [0.29, 0.717) is 11.6 Å². The summed E-state index contributed by atoms with van der Waals surface area (Å²) in [5.41, 5.74) is 8.30. The minimum atomic E-state index is -0.0803. The predicted octanol–water partition coefficient (Wildman–Crippen LogP) is 3.40. The van der Waals surface area contributed by atoms with Crippen LogP contribution in [0.4, 0.5) is 5.69 Å². The molecule has 0 fully saturated rings. The van der Waals surface area contributed by atoms with E-state index in [-0.39, 0.29) is 11.2 Å². The zero-order valence-electron chi connectivity index (χ0n) is 10.3. The second kappa shape index (κ2) is 3.76. The molecule has 0 spiro atoms. The van der Waals surface area contributed by atoms with Crippen LogP contribution >= 0.6 is 0 Å². The Labute approximate surface area is 92.1 Å². The van der Waals surface area contributed by atoms with Crippen LogP contribution in [0.5, 0.6) is 5.75 Å². The number of phenols is 1. The van der Waals surface area contributed by atoms with Crippen molar-refractivity contribution in [3.8, 4) is 5.75 Å². The summed E-state index contributed by atoms with van der Waals surface area (Å²) < 4.78 is 0. The van der Waals surface area contributed by atoms with E-state index in [1.54, 1.807) is 0 Å². The van der Waals surface area contributed by atoms with E-state index in [1.807, 2.05) is 6.07 Å². The van der Waals surface area contributed by atoms with Crippen LogP contribution in [0.3, 0.4) is 0 Å². The third-order valence-corrected chi connectivity index (χ3v) is 2.64. The zero-order chi connectivity index (χ0) is 11.8. The molecule has 0 heterocycles. The van der Waals surface area contributed by atoms with Crippen LogP contribution in [0.1, 0.15) is 51.7 Å². The van der Waals surface area contributed by atoms with Crippen molar-refractivity contribution in [2.45, 2.75) is 46.0 Å². The van der Waals surface area contributed by atoms with Crippen molar-refractivity contribution in [3.05, 3.63) is 23.3 Å². The van der Waals surface area contributed by atoms with Gasteiger partial charge in [0.1, 0.15) is 5.75 Å². The van der Waals surface area contributed by atoms with E-state index in [4.69, 9.17) is 5.73 Å². The molecule has 1 rings (SSSR count). The van der Waals surface area contributed by atoms with Crippen molar-refractivity contribution in [3.63, 3.8) is 0 Å². The third kappa shape index (κ3) is 2.44. The molecule has 0 saturated heterocycles. The summed E-state index contributed by atoms with van der Waals surface area (Å²) in [5, 5.41) is 9.91. The minimum Gasteiger partial charge on any atom is -0.505 e. The fraction of sp³-hybridized carbons (Fsp3) is 0.538. The Morgan fingerprint density at radius 2 is 1.73 bits per heavy atom. The van der Waals surface area contributed by atoms with Crippen molar-refractivity contribution in [2.75, 3.05) is 5.73 Å². The molecule has 15 heavy (non-hydrogen) atoms. The molecule has 1 aromatic rings. The maximum Gasteiger partial charge on any atom is 0.142 e. The molecule has 0 radical (unpaired) electrons. The van der Waals surface area contributed by atoms with Gasteiger partial charge in [-0.1, -0.05) is 40.7 Å². The number of rotatable bonds is 1. The summed E-state index contributed by atoms with van der Waals surface area (Å²) in [6.07, 6.45) is 0. The van der Waals surface area contributed by atoms with Crippen LogP contribution < -0.4 is 5.73 Å². The molecule has 0 bridgehead atoms. The van der Waals surface area contributed by atoms with Gasteiger partial charge in [0, 0.05) is 5.56 Å². The average molecular weight is 207 g/mol. The van der Waals surface area contributed by atoms with Gasteiger partial charge in [-0.25, -0.2) is 0 Å². The Kier molecular flexibility index (Phi) is 2.98. The summed E-state index contributed by atoms with van der Waals surface area (Å²) >= 11 is 0. The van der Waals surface area contributed by atoms with Crippen molar-refractivity contribution in [2.24, 2.45) is 0 Å². The average Bonchev–Trinajstić information content (AvgIpc) is 2.06. The van der Waals surface area contributed by atoms with Crippen LogP contribution in [0.15, 0.2) is 12.1 Å². The van der Waals surface area contributed by atoms with E-state index in [0.717, 1.165) is 5.56 Å². The van der Waals surface area contributed by atoms with Crippen molar-refractivity contribution < 1.29 is 5.11 Å². The largest absolute Gasteiger partial charge is 0.505 e. The van der Waals surface area contributed by atoms with Gasteiger partial charge in [0.25, 0.3) is 0 Å². The van der Waals surface area contributed by atoms with Gasteiger partial charge in [-0.2, -0.15) is 0 Å². The molecular weight excluding hydrogens is 186 g/mol. The smallest absolute Gasteiger partial charge is 0.142 e. The lowest BCUT2D eigenvalue weighted by Crippen LogP contribution is -2.13. The Hall–Kier alpha value is -1.18. The zero-order valence-corrected chi connectivity index (χ0v) is 10.3. The Bertz CT molecular complexity index is 362. The van der Waals surface area contributed by atoms with E-state index < -0.39 is 0 Å². The van der Waals surface area contributed by atoms with E-state index in [1.165, 1.54) is 5.56 Å². The van der Waals surface area contributed by atoms with Crippen molar-refractivity contribution in [1.29, 1.82) is 0 Å². The fourth-order valence-electron chi connectivity index (χ4n) is 1.59. The van der Waals surface area contributed by atoms with Gasteiger partial charge in [0.2, 0.25) is 0 Å². The highest BCUT2D eigenvalue weighted by molar-refractivity contribution is 5.60. The summed E-state index contributed by atoms with van der Waals surface area (Å²) in [6.45, 7) is 10.5. The molecule has 0 aromatic heterocycles. The highest BCUT2D eigenvalue weighted by atomic mass is 16.3. The molecule has 2 heteroatoms. The Morgan fingerprint density at radius 3 is 2.13 bits per heavy atom. The fourth-order valence-corrected chi connectivity index (χ4v) is 1.59. The second-order valence-electron chi connectivity index (χ2n) is 5.41. The molecule has 1 aromatic carbocycles. The highest BCUT2D eigenvalue weighted by Crippen LogP contribution is 2.37. The SMILES string of the molecule is CC(C)c1cc(N)c(O)c(C(C)(C)C)c1. The van der Waals surface area contributed by atoms with Gasteiger partial charge in [0.05, 0.1) is 5.69 Å². The minimum absolute atomic E-state index is 0.0803. The number of hydrogen-bond donors (Lipinski definition) is 2. The maximum atomic E-state index is 9.91. The molecule has 0 aliphatic rings. The molecule has 0 saturated carbocycles. The summed E-state index contributed by atoms with van der Waals surface area (Å²) in [7, 11) is 0. The molecular formula is C13H21NO. The third-order valence-electron chi connectivity index (χ3n) is 2.64. The molecule has 0 atom stereocenters. The van der Waals surface area contributed by atoms with Gasteiger partial charge in [-0.3, -0.25) is 0 Å². The lowest BCUT2D eigenvalue weighted by Gasteiger charge is -2.23. The van der Waals surface area contributed by atoms with Crippen LogP contribution in [0, 0.1) is 0 Å². The van der Waals surface area contributed by atoms with Gasteiger partial charge < -0.3 is 10.8 Å². The van der Waals surface area contributed by atoms with E-state index in [2.05, 4.69) is 40.7 Å². The van der Waals surface area contributed by atoms with Gasteiger partial charge in [-0.05, 0) is 23.0 Å². The Balaban J connectivity index is 3.38. The van der Waals surface area contributed by atoms with Crippen molar-refractivity contribution >= 4 is 5.69 Å². The maximum absolute atomic E-state index is 9.91.